The Bertz CT molecular complexity index is 480. The van der Waals surface area contributed by atoms with Crippen LogP contribution in [0.2, 0.25) is 0 Å². The van der Waals surface area contributed by atoms with Gasteiger partial charge in [0, 0.05) is 5.92 Å². The van der Waals surface area contributed by atoms with Crippen LogP contribution in [-0.4, -0.2) is 17.9 Å². The third kappa shape index (κ3) is 1.88. The first-order chi connectivity index (χ1) is 8.97. The van der Waals surface area contributed by atoms with Gasteiger partial charge in [-0.2, -0.15) is 0 Å². The number of fused-ring (bicyclic) bond motifs is 1. The molecule has 3 rings (SSSR count). The zero-order valence-corrected chi connectivity index (χ0v) is 10.8. The van der Waals surface area contributed by atoms with E-state index in [1.54, 1.807) is 0 Å². The first-order valence-electron chi connectivity index (χ1n) is 6.62. The third-order valence-corrected chi connectivity index (χ3v) is 4.74. The smallest absolute Gasteiger partial charge is 0.317 e. The topological polar surface area (TPSA) is 69.7 Å². The lowest BCUT2D eigenvalue weighted by Crippen LogP contribution is -2.36. The quantitative estimate of drug-likeness (QED) is 0.529. The van der Waals surface area contributed by atoms with Gasteiger partial charge in [-0.15, -0.1) is 0 Å². The minimum Gasteiger partial charge on any atom is -0.431 e. The summed E-state index contributed by atoms with van der Waals surface area (Å²) in [6, 6.07) is 0. The molecule has 3 aliphatic rings. The molecule has 0 radical (unpaired) electrons. The number of hydrogen-bond acceptors (Lipinski definition) is 5. The van der Waals surface area contributed by atoms with Crippen LogP contribution in [0.1, 0.15) is 26.2 Å². The zero-order chi connectivity index (χ0) is 13.7. The molecular weight excluding hydrogens is 248 g/mol. The van der Waals surface area contributed by atoms with Gasteiger partial charge in [0.25, 0.3) is 0 Å². The van der Waals surface area contributed by atoms with Crippen LogP contribution in [0.25, 0.3) is 0 Å². The Morgan fingerprint density at radius 1 is 1.00 bits per heavy atom. The summed E-state index contributed by atoms with van der Waals surface area (Å²) in [7, 11) is 0. The fraction of sp³-hybridized carbons (Fsp3) is 0.643. The second kappa shape index (κ2) is 4.18. The largest absolute Gasteiger partial charge is 0.431 e. The Balaban J connectivity index is 1.81. The first kappa shape index (κ1) is 12.4. The summed E-state index contributed by atoms with van der Waals surface area (Å²) in [6.07, 6.45) is 1.51. The predicted octanol–water partition coefficient (Wildman–Crippen LogP) is 1.43. The van der Waals surface area contributed by atoms with E-state index in [0.717, 1.165) is 0 Å². The highest BCUT2D eigenvalue weighted by Crippen LogP contribution is 2.49. The maximum atomic E-state index is 11.7. The molecule has 0 N–H and O–H groups in total. The van der Waals surface area contributed by atoms with Crippen molar-refractivity contribution < 1.29 is 23.9 Å². The molecule has 5 heteroatoms. The third-order valence-electron chi connectivity index (χ3n) is 4.74. The van der Waals surface area contributed by atoms with Crippen molar-refractivity contribution in [3.63, 3.8) is 0 Å². The molecule has 2 aliphatic heterocycles. The Hall–Kier alpha value is -1.65. The predicted molar refractivity (Wildman–Crippen MR) is 63.3 cm³/mol. The molecule has 5 nitrogen and oxygen atoms in total. The van der Waals surface area contributed by atoms with E-state index in [1.807, 2.05) is 6.92 Å². The maximum Gasteiger partial charge on any atom is 0.317 e. The minimum absolute atomic E-state index is 0.0165. The van der Waals surface area contributed by atoms with Crippen molar-refractivity contribution >= 4 is 17.9 Å². The Labute approximate surface area is 110 Å². The monoisotopic (exact) mass is 264 g/mol. The van der Waals surface area contributed by atoms with Gasteiger partial charge < -0.3 is 9.47 Å². The fourth-order valence-electron chi connectivity index (χ4n) is 3.71. The molecule has 2 saturated heterocycles. The van der Waals surface area contributed by atoms with Gasteiger partial charge >= 0.3 is 17.9 Å². The van der Waals surface area contributed by atoms with Crippen molar-refractivity contribution in [1.29, 1.82) is 0 Å². The van der Waals surface area contributed by atoms with Gasteiger partial charge in [0.2, 0.25) is 0 Å². The molecule has 0 aromatic heterocycles. The van der Waals surface area contributed by atoms with Crippen LogP contribution in [0.15, 0.2) is 12.3 Å². The van der Waals surface area contributed by atoms with Gasteiger partial charge in [0.1, 0.15) is 5.76 Å². The number of cyclic esters (lactones) is 3. The van der Waals surface area contributed by atoms with Crippen LogP contribution < -0.4 is 0 Å². The van der Waals surface area contributed by atoms with Crippen molar-refractivity contribution in [2.24, 2.45) is 29.6 Å². The lowest BCUT2D eigenvalue weighted by molar-refractivity contribution is -0.154. The van der Waals surface area contributed by atoms with Crippen molar-refractivity contribution in [1.82, 2.24) is 0 Å². The molecule has 5 unspecified atom stereocenters. The maximum absolute atomic E-state index is 11.7. The van der Waals surface area contributed by atoms with Gasteiger partial charge in [-0.3, -0.25) is 14.4 Å². The average Bonchev–Trinajstić information content (AvgIpc) is 2.79. The van der Waals surface area contributed by atoms with Crippen LogP contribution in [0, 0.1) is 29.6 Å². The lowest BCUT2D eigenvalue weighted by Gasteiger charge is -2.36. The van der Waals surface area contributed by atoms with Gasteiger partial charge in [0.15, 0.2) is 0 Å². The SMILES string of the molecule is C=C1OC(=O)C2CC(C)C(C3CC(=O)OC3=O)CC12. The molecule has 0 amide bonds. The molecular formula is C14H16O5. The van der Waals surface area contributed by atoms with Crippen molar-refractivity contribution in [2.75, 3.05) is 0 Å². The fourth-order valence-corrected chi connectivity index (χ4v) is 3.71. The van der Waals surface area contributed by atoms with Crippen LogP contribution in [-0.2, 0) is 23.9 Å². The summed E-state index contributed by atoms with van der Waals surface area (Å²) in [4.78, 5) is 34.6. The number of allylic oxidation sites excluding steroid dienone is 1. The summed E-state index contributed by atoms with van der Waals surface area (Å²) in [5.41, 5.74) is 0. The van der Waals surface area contributed by atoms with Crippen molar-refractivity contribution in [2.45, 2.75) is 26.2 Å². The number of esters is 3. The van der Waals surface area contributed by atoms with E-state index in [0.29, 0.717) is 18.6 Å². The standard InChI is InChI=1S/C14H16O5/c1-6-3-10-9(7(2)18-13(10)16)4-8(6)11-5-12(15)19-14(11)17/h6,8-11H,2-5H2,1H3. The summed E-state index contributed by atoms with van der Waals surface area (Å²) < 4.78 is 9.74. The highest BCUT2D eigenvalue weighted by atomic mass is 16.6. The summed E-state index contributed by atoms with van der Waals surface area (Å²) in [5.74, 6) is -0.821. The van der Waals surface area contributed by atoms with Crippen LogP contribution in [0.3, 0.4) is 0 Å². The summed E-state index contributed by atoms with van der Waals surface area (Å²) >= 11 is 0. The van der Waals surface area contributed by atoms with Gasteiger partial charge in [-0.25, -0.2) is 0 Å². The lowest BCUT2D eigenvalue weighted by atomic mass is 9.65. The van der Waals surface area contributed by atoms with E-state index in [4.69, 9.17) is 4.74 Å². The molecule has 2 heterocycles. The molecule has 1 saturated carbocycles. The molecule has 102 valence electrons. The van der Waals surface area contributed by atoms with E-state index >= 15 is 0 Å². The van der Waals surface area contributed by atoms with Crippen LogP contribution >= 0.6 is 0 Å². The summed E-state index contributed by atoms with van der Waals surface area (Å²) in [6.45, 7) is 5.80. The summed E-state index contributed by atoms with van der Waals surface area (Å²) in [5, 5.41) is 0. The van der Waals surface area contributed by atoms with E-state index in [-0.39, 0.29) is 42.0 Å². The number of ether oxygens (including phenoxy) is 2. The molecule has 1 aliphatic carbocycles. The molecule has 0 bridgehead atoms. The number of carbonyl (C=O) groups is 3. The Kier molecular flexibility index (Phi) is 2.73. The molecule has 5 atom stereocenters. The minimum atomic E-state index is -0.443. The van der Waals surface area contributed by atoms with E-state index in [9.17, 15) is 14.4 Å². The van der Waals surface area contributed by atoms with Gasteiger partial charge in [-0.05, 0) is 24.7 Å². The molecule has 0 aromatic rings. The Morgan fingerprint density at radius 3 is 2.32 bits per heavy atom. The second-order valence-electron chi connectivity index (χ2n) is 5.82. The number of hydrogen-bond donors (Lipinski definition) is 0. The molecule has 19 heavy (non-hydrogen) atoms. The first-order valence-corrected chi connectivity index (χ1v) is 6.62. The highest BCUT2D eigenvalue weighted by Gasteiger charge is 2.51. The van der Waals surface area contributed by atoms with E-state index < -0.39 is 11.9 Å². The van der Waals surface area contributed by atoms with E-state index in [1.165, 1.54) is 0 Å². The highest BCUT2D eigenvalue weighted by molar-refractivity contribution is 5.94. The van der Waals surface area contributed by atoms with Gasteiger partial charge in [-0.1, -0.05) is 13.5 Å². The normalized spacial score (nSPS) is 42.1. The number of rotatable bonds is 1. The molecule has 0 aromatic carbocycles. The van der Waals surface area contributed by atoms with Crippen molar-refractivity contribution in [3.05, 3.63) is 12.3 Å². The number of carbonyl (C=O) groups excluding carboxylic acids is 3. The van der Waals surface area contributed by atoms with Gasteiger partial charge in [0.05, 0.1) is 18.3 Å². The van der Waals surface area contributed by atoms with Crippen LogP contribution in [0.4, 0.5) is 0 Å². The second-order valence-corrected chi connectivity index (χ2v) is 5.82. The van der Waals surface area contributed by atoms with Crippen LogP contribution in [0.5, 0.6) is 0 Å². The average molecular weight is 264 g/mol. The molecule has 3 fully saturated rings. The zero-order valence-electron chi connectivity index (χ0n) is 10.8. The van der Waals surface area contributed by atoms with Crippen molar-refractivity contribution in [3.8, 4) is 0 Å². The molecule has 0 spiro atoms. The Morgan fingerprint density at radius 2 is 1.68 bits per heavy atom. The van der Waals surface area contributed by atoms with E-state index in [2.05, 4.69) is 11.3 Å².